The van der Waals surface area contributed by atoms with E-state index >= 15 is 0 Å². The minimum absolute atomic E-state index is 0.0423. The molecule has 1 amide bonds. The van der Waals surface area contributed by atoms with Crippen LogP contribution in [-0.4, -0.2) is 26.0 Å². The molecule has 0 saturated carbocycles. The minimum Gasteiger partial charge on any atom is -0.399 e. The van der Waals surface area contributed by atoms with E-state index in [0.29, 0.717) is 5.69 Å². The lowest BCUT2D eigenvalue weighted by Crippen LogP contribution is -2.28. The number of carbonyl (C=O) groups is 1. The maximum Gasteiger partial charge on any atom is 0.253 e. The smallest absolute Gasteiger partial charge is 0.253 e. The molecule has 1 aliphatic heterocycles. The van der Waals surface area contributed by atoms with Crippen molar-refractivity contribution in [2.24, 2.45) is 5.92 Å². The van der Waals surface area contributed by atoms with Crippen LogP contribution < -0.4 is 16.0 Å². The molecule has 1 aliphatic rings. The van der Waals surface area contributed by atoms with Crippen LogP contribution in [0, 0.1) is 5.92 Å². The number of hydrogen-bond acceptors (Lipinski definition) is 3. The fourth-order valence-corrected chi connectivity index (χ4v) is 3.24. The first-order valence-corrected chi connectivity index (χ1v) is 8.02. The van der Waals surface area contributed by atoms with E-state index < -0.39 is 0 Å². The van der Waals surface area contributed by atoms with Gasteiger partial charge in [0.25, 0.3) is 5.91 Å². The maximum absolute atomic E-state index is 12.1. The predicted molar refractivity (Wildman–Crippen MR) is 88.7 cm³/mol. The normalized spacial score (nSPS) is 19.1. The van der Waals surface area contributed by atoms with Crippen molar-refractivity contribution in [3.05, 3.63) is 23.8 Å². The lowest BCUT2D eigenvalue weighted by atomic mass is 9.96. The Morgan fingerprint density at radius 2 is 2.19 bits per heavy atom. The highest BCUT2D eigenvalue weighted by Gasteiger charge is 2.20. The molecule has 4 heteroatoms. The second-order valence-corrected chi connectivity index (χ2v) is 5.93. The van der Waals surface area contributed by atoms with E-state index in [1.165, 1.54) is 32.1 Å². The van der Waals surface area contributed by atoms with Gasteiger partial charge in [-0.2, -0.15) is 0 Å². The molecule has 21 heavy (non-hydrogen) atoms. The van der Waals surface area contributed by atoms with Crippen molar-refractivity contribution in [1.29, 1.82) is 0 Å². The molecule has 1 heterocycles. The number of anilines is 2. The molecule has 4 nitrogen and oxygen atoms in total. The first kappa shape index (κ1) is 15.7. The van der Waals surface area contributed by atoms with Crippen LogP contribution in [0.1, 0.15) is 49.4 Å². The van der Waals surface area contributed by atoms with Gasteiger partial charge in [0.15, 0.2) is 0 Å². The Balaban J connectivity index is 2.20. The summed E-state index contributed by atoms with van der Waals surface area (Å²) in [6.07, 6.45) is 6.25. The molecule has 0 aliphatic carbocycles. The van der Waals surface area contributed by atoms with Gasteiger partial charge in [0.05, 0.1) is 11.3 Å². The zero-order valence-corrected chi connectivity index (χ0v) is 13.2. The fraction of sp³-hybridized carbons (Fsp3) is 0.588. The van der Waals surface area contributed by atoms with Crippen LogP contribution in [0.25, 0.3) is 0 Å². The van der Waals surface area contributed by atoms with Gasteiger partial charge in [-0.25, -0.2) is 0 Å². The van der Waals surface area contributed by atoms with E-state index in [9.17, 15) is 4.79 Å². The van der Waals surface area contributed by atoms with Gasteiger partial charge in [0, 0.05) is 25.8 Å². The minimum atomic E-state index is -0.0423. The summed E-state index contributed by atoms with van der Waals surface area (Å²) in [7, 11) is 1.67. The highest BCUT2D eigenvalue weighted by molar-refractivity contribution is 6.00. The van der Waals surface area contributed by atoms with E-state index in [1.54, 1.807) is 13.1 Å². The van der Waals surface area contributed by atoms with E-state index in [-0.39, 0.29) is 5.91 Å². The van der Waals surface area contributed by atoms with E-state index in [4.69, 9.17) is 5.73 Å². The second kappa shape index (κ2) is 7.34. The molecule has 1 atom stereocenters. The van der Waals surface area contributed by atoms with Gasteiger partial charge in [0.1, 0.15) is 0 Å². The number of nitrogens with one attached hydrogen (secondary N) is 1. The zero-order valence-electron chi connectivity index (χ0n) is 13.2. The van der Waals surface area contributed by atoms with Crippen LogP contribution in [0.4, 0.5) is 11.4 Å². The highest BCUT2D eigenvalue weighted by atomic mass is 16.1. The Morgan fingerprint density at radius 3 is 2.90 bits per heavy atom. The van der Waals surface area contributed by atoms with Crippen LogP contribution in [0.5, 0.6) is 0 Å². The number of hydrogen-bond donors (Lipinski definition) is 2. The molecule has 1 saturated heterocycles. The van der Waals surface area contributed by atoms with Gasteiger partial charge in [-0.3, -0.25) is 4.79 Å². The lowest BCUT2D eigenvalue weighted by molar-refractivity contribution is 0.0963. The quantitative estimate of drug-likeness (QED) is 0.838. The van der Waals surface area contributed by atoms with Crippen molar-refractivity contribution in [3.8, 4) is 0 Å². The molecule has 0 spiro atoms. The molecule has 1 unspecified atom stereocenters. The van der Waals surface area contributed by atoms with Gasteiger partial charge in [0.2, 0.25) is 0 Å². The summed E-state index contributed by atoms with van der Waals surface area (Å²) in [4.78, 5) is 14.4. The number of benzene rings is 1. The summed E-state index contributed by atoms with van der Waals surface area (Å²) in [5.41, 5.74) is 8.35. The SMILES string of the molecule is CCCC1CCCN(c2cc(N)ccc2C(=O)NC)CC1. The average Bonchev–Trinajstić information content (AvgIpc) is 2.72. The molecular weight excluding hydrogens is 262 g/mol. The summed E-state index contributed by atoms with van der Waals surface area (Å²) < 4.78 is 0. The van der Waals surface area contributed by atoms with Gasteiger partial charge in [-0.1, -0.05) is 19.8 Å². The number of nitrogens with two attached hydrogens (primary N) is 1. The first-order valence-electron chi connectivity index (χ1n) is 8.02. The summed E-state index contributed by atoms with van der Waals surface area (Å²) in [5.74, 6) is 0.781. The topological polar surface area (TPSA) is 58.4 Å². The third-order valence-electron chi connectivity index (χ3n) is 4.38. The molecule has 2 rings (SSSR count). The molecule has 1 aromatic carbocycles. The number of rotatable bonds is 4. The standard InChI is InChI=1S/C17H27N3O/c1-3-5-13-6-4-10-20(11-9-13)16-12-14(18)7-8-15(16)17(21)19-2/h7-8,12-13H,3-6,9-11,18H2,1-2H3,(H,19,21). The van der Waals surface area contributed by atoms with E-state index in [2.05, 4.69) is 17.1 Å². The number of nitrogen functional groups attached to an aromatic ring is 1. The lowest BCUT2D eigenvalue weighted by Gasteiger charge is -2.25. The second-order valence-electron chi connectivity index (χ2n) is 5.93. The summed E-state index contributed by atoms with van der Waals surface area (Å²) in [6, 6.07) is 5.56. The number of amides is 1. The molecule has 1 fully saturated rings. The Labute approximate surface area is 127 Å². The Bertz CT molecular complexity index is 487. The largest absolute Gasteiger partial charge is 0.399 e. The average molecular weight is 289 g/mol. The van der Waals surface area contributed by atoms with Crippen LogP contribution in [0.3, 0.4) is 0 Å². The first-order chi connectivity index (χ1) is 10.2. The third-order valence-corrected chi connectivity index (χ3v) is 4.38. The van der Waals surface area contributed by atoms with Crippen LogP contribution in [0.2, 0.25) is 0 Å². The summed E-state index contributed by atoms with van der Waals surface area (Å²) >= 11 is 0. The van der Waals surface area contributed by atoms with Crippen molar-refractivity contribution in [2.45, 2.75) is 39.0 Å². The van der Waals surface area contributed by atoms with Crippen molar-refractivity contribution in [1.82, 2.24) is 5.32 Å². The van der Waals surface area contributed by atoms with Gasteiger partial charge >= 0.3 is 0 Å². The van der Waals surface area contributed by atoms with Crippen molar-refractivity contribution < 1.29 is 4.79 Å². The van der Waals surface area contributed by atoms with Gasteiger partial charge in [-0.15, -0.1) is 0 Å². The van der Waals surface area contributed by atoms with Crippen molar-refractivity contribution >= 4 is 17.3 Å². The maximum atomic E-state index is 12.1. The molecular formula is C17H27N3O. The van der Waals surface area contributed by atoms with Crippen LogP contribution in [0.15, 0.2) is 18.2 Å². The number of nitrogens with zero attached hydrogens (tertiary/aromatic N) is 1. The molecule has 0 radical (unpaired) electrons. The van der Waals surface area contributed by atoms with Crippen molar-refractivity contribution in [3.63, 3.8) is 0 Å². The van der Waals surface area contributed by atoms with E-state index in [1.807, 2.05) is 12.1 Å². The molecule has 3 N–H and O–H groups in total. The number of carbonyl (C=O) groups excluding carboxylic acids is 1. The fourth-order valence-electron chi connectivity index (χ4n) is 3.24. The van der Waals surface area contributed by atoms with Gasteiger partial charge < -0.3 is 16.0 Å². The van der Waals surface area contributed by atoms with E-state index in [0.717, 1.165) is 30.3 Å². The summed E-state index contributed by atoms with van der Waals surface area (Å²) in [5, 5.41) is 2.72. The molecule has 0 bridgehead atoms. The molecule has 0 aromatic heterocycles. The highest BCUT2D eigenvalue weighted by Crippen LogP contribution is 2.29. The Hall–Kier alpha value is -1.71. The Kier molecular flexibility index (Phi) is 5.48. The Morgan fingerprint density at radius 1 is 1.38 bits per heavy atom. The summed E-state index contributed by atoms with van der Waals surface area (Å²) in [6.45, 7) is 4.27. The molecule has 1 aromatic rings. The zero-order chi connectivity index (χ0) is 15.2. The predicted octanol–water partition coefficient (Wildman–Crippen LogP) is 3.04. The van der Waals surface area contributed by atoms with Crippen molar-refractivity contribution in [2.75, 3.05) is 30.8 Å². The molecule has 116 valence electrons. The van der Waals surface area contributed by atoms with Crippen LogP contribution >= 0.6 is 0 Å². The third kappa shape index (κ3) is 3.90. The monoisotopic (exact) mass is 289 g/mol. The van der Waals surface area contributed by atoms with Gasteiger partial charge in [-0.05, 0) is 43.4 Å². The van der Waals surface area contributed by atoms with Crippen LogP contribution in [-0.2, 0) is 0 Å².